The van der Waals surface area contributed by atoms with Gasteiger partial charge >= 0.3 is 0 Å². The van der Waals surface area contributed by atoms with Gasteiger partial charge < -0.3 is 0 Å². The molecule has 0 radical (unpaired) electrons. The Morgan fingerprint density at radius 1 is 1.00 bits per heavy atom. The van der Waals surface area contributed by atoms with E-state index in [1.807, 2.05) is 13.8 Å². The van der Waals surface area contributed by atoms with Crippen LogP contribution in [-0.2, 0) is 0 Å². The van der Waals surface area contributed by atoms with Crippen molar-refractivity contribution < 1.29 is 8.78 Å². The zero-order valence-corrected chi connectivity index (χ0v) is 7.24. The second-order valence-electron chi connectivity index (χ2n) is 3.46. The minimum Gasteiger partial charge on any atom is -0.206 e. The van der Waals surface area contributed by atoms with Gasteiger partial charge in [-0.2, -0.15) is 0 Å². The van der Waals surface area contributed by atoms with E-state index in [-0.39, 0.29) is 11.8 Å². The van der Waals surface area contributed by atoms with Gasteiger partial charge in [0.15, 0.2) is 0 Å². The van der Waals surface area contributed by atoms with Crippen molar-refractivity contribution in [3.63, 3.8) is 0 Å². The van der Waals surface area contributed by atoms with Crippen molar-refractivity contribution in [3.05, 3.63) is 0 Å². The molecule has 1 rings (SSSR count). The second-order valence-corrected chi connectivity index (χ2v) is 3.46. The molecule has 0 heterocycles. The van der Waals surface area contributed by atoms with E-state index in [0.29, 0.717) is 12.8 Å². The number of hydrogen-bond acceptors (Lipinski definition) is 0. The van der Waals surface area contributed by atoms with E-state index in [1.54, 1.807) is 0 Å². The van der Waals surface area contributed by atoms with Gasteiger partial charge in [0.1, 0.15) is 0 Å². The van der Waals surface area contributed by atoms with Crippen LogP contribution in [-0.4, -0.2) is 5.92 Å². The molecule has 0 aromatic heterocycles. The van der Waals surface area contributed by atoms with Crippen LogP contribution in [0.15, 0.2) is 0 Å². The van der Waals surface area contributed by atoms with E-state index in [4.69, 9.17) is 0 Å². The van der Waals surface area contributed by atoms with Gasteiger partial charge in [-0.15, -0.1) is 0 Å². The Labute approximate surface area is 67.0 Å². The van der Waals surface area contributed by atoms with Gasteiger partial charge in [0, 0.05) is 11.8 Å². The number of rotatable bonds is 4. The van der Waals surface area contributed by atoms with E-state index in [2.05, 4.69) is 0 Å². The van der Waals surface area contributed by atoms with Gasteiger partial charge in [-0.1, -0.05) is 26.7 Å². The summed E-state index contributed by atoms with van der Waals surface area (Å²) in [6.45, 7) is 3.94. The molecule has 2 heteroatoms. The summed E-state index contributed by atoms with van der Waals surface area (Å²) >= 11 is 0. The van der Waals surface area contributed by atoms with Crippen LogP contribution in [0.25, 0.3) is 0 Å². The first-order valence-electron chi connectivity index (χ1n) is 4.52. The zero-order chi connectivity index (χ0) is 8.48. The lowest BCUT2D eigenvalue weighted by Gasteiger charge is -1.91. The van der Waals surface area contributed by atoms with Crippen molar-refractivity contribution in [2.45, 2.75) is 45.5 Å². The minimum atomic E-state index is -2.31. The fourth-order valence-electron chi connectivity index (χ4n) is 1.87. The molecule has 1 saturated carbocycles. The summed E-state index contributed by atoms with van der Waals surface area (Å²) in [6.07, 6.45) is 3.19. The highest BCUT2D eigenvalue weighted by Crippen LogP contribution is 2.59. The van der Waals surface area contributed by atoms with Gasteiger partial charge in [-0.05, 0) is 12.8 Å². The normalized spacial score (nSPS) is 33.8. The molecule has 1 aliphatic rings. The Morgan fingerprint density at radius 3 is 1.64 bits per heavy atom. The van der Waals surface area contributed by atoms with Gasteiger partial charge in [-0.25, -0.2) is 8.78 Å². The Bertz CT molecular complexity index is 118. The maximum absolute atomic E-state index is 12.8. The van der Waals surface area contributed by atoms with Crippen LogP contribution in [0.2, 0.25) is 0 Å². The number of alkyl halides is 2. The van der Waals surface area contributed by atoms with Crippen molar-refractivity contribution in [1.82, 2.24) is 0 Å². The third-order valence-corrected chi connectivity index (χ3v) is 2.56. The van der Waals surface area contributed by atoms with Crippen LogP contribution >= 0.6 is 0 Å². The van der Waals surface area contributed by atoms with E-state index in [1.165, 1.54) is 0 Å². The second kappa shape index (κ2) is 3.08. The summed E-state index contributed by atoms with van der Waals surface area (Å²) in [5.41, 5.74) is 0. The van der Waals surface area contributed by atoms with Crippen LogP contribution in [0.4, 0.5) is 8.78 Å². The van der Waals surface area contributed by atoms with Crippen molar-refractivity contribution >= 4 is 0 Å². The first-order valence-corrected chi connectivity index (χ1v) is 4.52. The number of hydrogen-bond donors (Lipinski definition) is 0. The SMILES string of the molecule is CCC[C@@H]1[C@H](CCC)C1(F)F. The summed E-state index contributed by atoms with van der Waals surface area (Å²) < 4.78 is 25.7. The van der Waals surface area contributed by atoms with Crippen LogP contribution in [0.3, 0.4) is 0 Å². The smallest absolute Gasteiger partial charge is 0.206 e. The molecule has 0 aromatic rings. The molecule has 66 valence electrons. The topological polar surface area (TPSA) is 0 Å². The fraction of sp³-hybridized carbons (Fsp3) is 1.00. The monoisotopic (exact) mass is 162 g/mol. The third kappa shape index (κ3) is 1.54. The molecule has 0 spiro atoms. The summed E-state index contributed by atoms with van der Waals surface area (Å²) in [6, 6.07) is 0. The highest BCUT2D eigenvalue weighted by Gasteiger charge is 2.65. The molecular weight excluding hydrogens is 146 g/mol. The molecule has 1 fully saturated rings. The molecule has 0 bridgehead atoms. The maximum Gasteiger partial charge on any atom is 0.254 e. The lowest BCUT2D eigenvalue weighted by molar-refractivity contribution is 0.0812. The minimum absolute atomic E-state index is 0.285. The highest BCUT2D eigenvalue weighted by atomic mass is 19.3. The molecular formula is C9H16F2. The Morgan fingerprint density at radius 2 is 1.36 bits per heavy atom. The molecule has 0 saturated heterocycles. The average molecular weight is 162 g/mol. The van der Waals surface area contributed by atoms with Crippen LogP contribution in [0.5, 0.6) is 0 Å². The Hall–Kier alpha value is -0.140. The summed E-state index contributed by atoms with van der Waals surface area (Å²) in [4.78, 5) is 0. The maximum atomic E-state index is 12.8. The highest BCUT2D eigenvalue weighted by molar-refractivity contribution is 5.04. The average Bonchev–Trinajstić information content (AvgIpc) is 2.41. The molecule has 1 aliphatic carbocycles. The summed E-state index contributed by atoms with van der Waals surface area (Å²) in [5, 5.41) is 0. The van der Waals surface area contributed by atoms with E-state index in [9.17, 15) is 8.78 Å². The van der Waals surface area contributed by atoms with Crippen molar-refractivity contribution in [2.24, 2.45) is 11.8 Å². The van der Waals surface area contributed by atoms with E-state index < -0.39 is 5.92 Å². The largest absolute Gasteiger partial charge is 0.254 e. The predicted molar refractivity (Wildman–Crippen MR) is 41.7 cm³/mol. The zero-order valence-electron chi connectivity index (χ0n) is 7.24. The van der Waals surface area contributed by atoms with Crippen molar-refractivity contribution in [3.8, 4) is 0 Å². The molecule has 0 aliphatic heterocycles. The van der Waals surface area contributed by atoms with Crippen LogP contribution in [0.1, 0.15) is 39.5 Å². The first kappa shape index (κ1) is 8.95. The molecule has 2 atom stereocenters. The molecule has 0 unspecified atom stereocenters. The quantitative estimate of drug-likeness (QED) is 0.593. The Kier molecular flexibility index (Phi) is 2.50. The van der Waals surface area contributed by atoms with E-state index >= 15 is 0 Å². The lowest BCUT2D eigenvalue weighted by atomic mass is 10.1. The predicted octanol–water partition coefficient (Wildman–Crippen LogP) is 3.47. The Balaban J connectivity index is 2.34. The summed E-state index contributed by atoms with van der Waals surface area (Å²) in [5.74, 6) is -2.88. The van der Waals surface area contributed by atoms with Crippen LogP contribution < -0.4 is 0 Å². The molecule has 11 heavy (non-hydrogen) atoms. The van der Waals surface area contributed by atoms with Gasteiger partial charge in [0.05, 0.1) is 0 Å². The fourth-order valence-corrected chi connectivity index (χ4v) is 1.87. The molecule has 0 aromatic carbocycles. The summed E-state index contributed by atoms with van der Waals surface area (Å²) in [7, 11) is 0. The first-order chi connectivity index (χ1) is 5.14. The van der Waals surface area contributed by atoms with E-state index in [0.717, 1.165) is 12.8 Å². The molecule has 0 N–H and O–H groups in total. The van der Waals surface area contributed by atoms with Gasteiger partial charge in [-0.3, -0.25) is 0 Å². The van der Waals surface area contributed by atoms with Crippen molar-refractivity contribution in [2.75, 3.05) is 0 Å². The molecule has 0 nitrogen and oxygen atoms in total. The van der Waals surface area contributed by atoms with Crippen LogP contribution in [0, 0.1) is 11.8 Å². The number of halogens is 2. The van der Waals surface area contributed by atoms with Crippen molar-refractivity contribution in [1.29, 1.82) is 0 Å². The van der Waals surface area contributed by atoms with Gasteiger partial charge in [0.2, 0.25) is 0 Å². The molecule has 0 amide bonds. The standard InChI is InChI=1S/C9H16F2/c1-3-5-7-8(6-4-2)9(7,10)11/h7-8H,3-6H2,1-2H3/t7-,8+. The third-order valence-electron chi connectivity index (χ3n) is 2.56. The van der Waals surface area contributed by atoms with Gasteiger partial charge in [0.25, 0.3) is 5.92 Å². The lowest BCUT2D eigenvalue weighted by Crippen LogP contribution is -1.94.